The summed E-state index contributed by atoms with van der Waals surface area (Å²) in [6, 6.07) is 6.39. The second-order valence-corrected chi connectivity index (χ2v) is 8.48. The van der Waals surface area contributed by atoms with E-state index in [1.165, 1.54) is 30.6 Å². The third kappa shape index (κ3) is 4.23. The third-order valence-electron chi connectivity index (χ3n) is 5.38. The molecule has 1 fully saturated rings. The number of nitriles is 1. The minimum Gasteiger partial charge on any atom is -0.334 e. The molecule has 34 heavy (non-hydrogen) atoms. The topological polar surface area (TPSA) is 88.5 Å². The Morgan fingerprint density at radius 3 is 2.47 bits per heavy atom. The minimum atomic E-state index is -5.12. The van der Waals surface area contributed by atoms with Gasteiger partial charge in [-0.2, -0.15) is 37.4 Å². The maximum Gasteiger partial charge on any atom is 0.422 e. The maximum atomic E-state index is 13.9. The molecule has 0 spiro atoms. The third-order valence-corrected chi connectivity index (χ3v) is 5.71. The van der Waals surface area contributed by atoms with E-state index in [4.69, 9.17) is 11.6 Å². The van der Waals surface area contributed by atoms with Crippen molar-refractivity contribution < 1.29 is 26.7 Å². The summed E-state index contributed by atoms with van der Waals surface area (Å²) in [6.45, 7) is 0.335. The van der Waals surface area contributed by atoms with E-state index in [1.807, 2.05) is 6.07 Å². The van der Waals surface area contributed by atoms with Gasteiger partial charge in [-0.3, -0.25) is 4.79 Å². The first-order valence-corrected chi connectivity index (χ1v) is 10.2. The second-order valence-electron chi connectivity index (χ2n) is 8.07. The highest BCUT2D eigenvalue weighted by atomic mass is 35.5. The number of benzene rings is 1. The Bertz CT molecular complexity index is 1330. The van der Waals surface area contributed by atoms with Crippen LogP contribution in [0.25, 0.3) is 16.9 Å². The van der Waals surface area contributed by atoms with Crippen LogP contribution in [-0.2, 0) is 19.1 Å². The lowest BCUT2D eigenvalue weighted by molar-refractivity contribution is -0.141. The monoisotopic (exact) mass is 498 g/mol. The Morgan fingerprint density at radius 2 is 1.91 bits per heavy atom. The average Bonchev–Trinajstić information content (AvgIpc) is 3.16. The number of aromatic nitrogens is 4. The summed E-state index contributed by atoms with van der Waals surface area (Å²) in [5.74, 6) is -5.09. The van der Waals surface area contributed by atoms with Gasteiger partial charge in [0.15, 0.2) is 5.82 Å². The molecule has 1 amide bonds. The molecule has 0 aliphatic heterocycles. The van der Waals surface area contributed by atoms with Crippen LogP contribution in [0.2, 0.25) is 5.02 Å². The average molecular weight is 499 g/mol. The summed E-state index contributed by atoms with van der Waals surface area (Å²) in [5, 5.41) is 19.2. The van der Waals surface area contributed by atoms with E-state index in [1.54, 1.807) is 0 Å². The van der Waals surface area contributed by atoms with Gasteiger partial charge in [-0.1, -0.05) is 17.7 Å². The number of carbonyl (C=O) groups is 1. The molecule has 1 aliphatic rings. The number of carbonyl (C=O) groups excluding carboxylic acids is 1. The van der Waals surface area contributed by atoms with Gasteiger partial charge in [-0.05, 0) is 30.5 Å². The van der Waals surface area contributed by atoms with Gasteiger partial charge >= 0.3 is 6.18 Å². The normalized spacial score (nSPS) is 15.1. The van der Waals surface area contributed by atoms with Crippen molar-refractivity contribution in [3.8, 4) is 23.0 Å². The Balaban J connectivity index is 1.74. The van der Waals surface area contributed by atoms with Gasteiger partial charge < -0.3 is 5.32 Å². The van der Waals surface area contributed by atoms with E-state index in [0.717, 1.165) is 11.7 Å². The Morgan fingerprint density at radius 1 is 1.24 bits per heavy atom. The number of hydrogen-bond donors (Lipinski definition) is 1. The van der Waals surface area contributed by atoms with Gasteiger partial charge in [-0.15, -0.1) is 0 Å². The van der Waals surface area contributed by atoms with Crippen molar-refractivity contribution in [2.45, 2.75) is 37.4 Å². The molecule has 13 heteroatoms. The van der Waals surface area contributed by atoms with Crippen LogP contribution in [0.5, 0.6) is 0 Å². The first-order valence-electron chi connectivity index (χ1n) is 9.87. The molecule has 0 unspecified atom stereocenters. The minimum absolute atomic E-state index is 0.0675. The van der Waals surface area contributed by atoms with Crippen LogP contribution in [0, 0.1) is 11.3 Å². The molecule has 7 nitrogen and oxygen atoms in total. The highest BCUT2D eigenvalue weighted by Gasteiger charge is 2.47. The fourth-order valence-corrected chi connectivity index (χ4v) is 3.69. The van der Waals surface area contributed by atoms with Gasteiger partial charge in [0.2, 0.25) is 0 Å². The quantitative estimate of drug-likeness (QED) is 0.510. The van der Waals surface area contributed by atoms with Crippen molar-refractivity contribution in [3.05, 3.63) is 52.4 Å². The van der Waals surface area contributed by atoms with Crippen LogP contribution >= 0.6 is 11.6 Å². The fourth-order valence-electron chi connectivity index (χ4n) is 3.49. The van der Waals surface area contributed by atoms with Gasteiger partial charge in [-0.25, -0.2) is 9.36 Å². The number of hydrogen-bond acceptors (Lipinski definition) is 4. The molecule has 0 saturated heterocycles. The summed E-state index contributed by atoms with van der Waals surface area (Å²) >= 11 is 6.14. The molecule has 1 aromatic carbocycles. The van der Waals surface area contributed by atoms with Crippen LogP contribution < -0.4 is 5.32 Å². The van der Waals surface area contributed by atoms with Gasteiger partial charge in [0.25, 0.3) is 11.8 Å². The number of aryl methyl sites for hydroxylation is 1. The highest BCUT2D eigenvalue weighted by Crippen LogP contribution is 2.42. The van der Waals surface area contributed by atoms with E-state index < -0.39 is 40.6 Å². The molecule has 2 aromatic heterocycles. The molecule has 178 valence electrons. The summed E-state index contributed by atoms with van der Waals surface area (Å²) < 4.78 is 70.3. The fraction of sp³-hybridized carbons (Fsp3) is 0.333. The predicted octanol–water partition coefficient (Wildman–Crippen LogP) is 4.84. The van der Waals surface area contributed by atoms with Crippen molar-refractivity contribution in [3.63, 3.8) is 0 Å². The molecular weight excluding hydrogens is 483 g/mol. The Kier molecular flexibility index (Phi) is 5.43. The molecule has 1 saturated carbocycles. The maximum absolute atomic E-state index is 13.9. The van der Waals surface area contributed by atoms with Crippen molar-refractivity contribution >= 4 is 17.5 Å². The number of rotatable bonds is 5. The molecule has 0 radical (unpaired) electrons. The van der Waals surface area contributed by atoms with Gasteiger partial charge in [0.1, 0.15) is 16.8 Å². The highest BCUT2D eigenvalue weighted by molar-refractivity contribution is 6.34. The molecule has 3 aromatic rings. The molecule has 0 bridgehead atoms. The molecule has 2 heterocycles. The van der Waals surface area contributed by atoms with E-state index in [0.29, 0.717) is 35.6 Å². The van der Waals surface area contributed by atoms with Crippen LogP contribution in [0.4, 0.5) is 22.0 Å². The lowest BCUT2D eigenvalue weighted by Crippen LogP contribution is -2.35. The summed E-state index contributed by atoms with van der Waals surface area (Å²) in [7, 11) is 1.11. The lowest BCUT2D eigenvalue weighted by Gasteiger charge is -2.13. The number of nitrogens with one attached hydrogen (secondary N) is 1. The zero-order valence-electron chi connectivity index (χ0n) is 17.7. The summed E-state index contributed by atoms with van der Waals surface area (Å²) in [5.41, 5.74) is -3.18. The second kappa shape index (κ2) is 7.80. The standard InChI is InChI=1S/C21H16ClF5N6O/c1-19(23,24)16-15(21(25,26)27)18(32(2)31-16)33-9-12(8-29-33)11-3-4-14(22)13(7-11)17(34)30-20(10-28)5-6-20/h3-4,7-9H,5-6H2,1-2H3,(H,30,34). The molecule has 4 rings (SSSR count). The lowest BCUT2D eigenvalue weighted by atomic mass is 10.1. The first kappa shape index (κ1) is 23.7. The van der Waals surface area contributed by atoms with Gasteiger partial charge in [0, 0.05) is 25.7 Å². The van der Waals surface area contributed by atoms with Crippen LogP contribution in [-0.4, -0.2) is 31.0 Å². The van der Waals surface area contributed by atoms with Crippen molar-refractivity contribution in [2.75, 3.05) is 0 Å². The Hall–Kier alpha value is -3.46. The number of halogens is 6. The van der Waals surface area contributed by atoms with E-state index in [9.17, 15) is 32.0 Å². The van der Waals surface area contributed by atoms with E-state index >= 15 is 0 Å². The summed E-state index contributed by atoms with van der Waals surface area (Å²) in [6.07, 6.45) is -1.66. The molecular formula is C21H16ClF5N6O. The van der Waals surface area contributed by atoms with Crippen molar-refractivity contribution in [1.82, 2.24) is 24.9 Å². The van der Waals surface area contributed by atoms with E-state index in [-0.39, 0.29) is 10.6 Å². The first-order chi connectivity index (χ1) is 15.8. The largest absolute Gasteiger partial charge is 0.422 e. The van der Waals surface area contributed by atoms with Crippen LogP contribution in [0.3, 0.4) is 0 Å². The smallest absolute Gasteiger partial charge is 0.334 e. The molecule has 1 aliphatic carbocycles. The summed E-state index contributed by atoms with van der Waals surface area (Å²) in [4.78, 5) is 12.6. The zero-order chi connectivity index (χ0) is 25.1. The SMILES string of the molecule is Cn1nc(C(C)(F)F)c(C(F)(F)F)c1-n1cc(-c2ccc(Cl)c(C(=O)NC3(C#N)CC3)c2)cn1. The zero-order valence-corrected chi connectivity index (χ0v) is 18.5. The number of alkyl halides is 5. The van der Waals surface area contributed by atoms with E-state index in [2.05, 4.69) is 15.5 Å². The van der Waals surface area contributed by atoms with Crippen molar-refractivity contribution in [1.29, 1.82) is 5.26 Å². The number of nitrogens with zero attached hydrogens (tertiary/aromatic N) is 5. The predicted molar refractivity (Wildman–Crippen MR) is 110 cm³/mol. The molecule has 0 atom stereocenters. The molecule has 1 N–H and O–H groups in total. The van der Waals surface area contributed by atoms with Crippen LogP contribution in [0.15, 0.2) is 30.6 Å². The van der Waals surface area contributed by atoms with Crippen molar-refractivity contribution in [2.24, 2.45) is 7.05 Å². The Labute approximate surface area is 194 Å². The number of amides is 1. The van der Waals surface area contributed by atoms with Crippen LogP contribution in [0.1, 0.15) is 41.4 Å². The van der Waals surface area contributed by atoms with Gasteiger partial charge in [0.05, 0.1) is 22.9 Å².